The summed E-state index contributed by atoms with van der Waals surface area (Å²) in [5.74, 6) is 0.524. The fourth-order valence-electron chi connectivity index (χ4n) is 3.10. The number of nitrogens with one attached hydrogen (secondary N) is 1. The summed E-state index contributed by atoms with van der Waals surface area (Å²) in [4.78, 5) is 11.1. The van der Waals surface area contributed by atoms with Gasteiger partial charge in [-0.3, -0.25) is 9.07 Å². The minimum atomic E-state index is -0.284. The van der Waals surface area contributed by atoms with Gasteiger partial charge in [-0.15, -0.1) is 0 Å². The fraction of sp³-hybridized carbons (Fsp3) is 0.474. The van der Waals surface area contributed by atoms with Crippen molar-refractivity contribution in [2.24, 2.45) is 5.41 Å². The van der Waals surface area contributed by atoms with Crippen LogP contribution in [0.5, 0.6) is 0 Å². The summed E-state index contributed by atoms with van der Waals surface area (Å²) < 4.78 is 19.4. The lowest BCUT2D eigenvalue weighted by molar-refractivity contribution is 0.294. The van der Waals surface area contributed by atoms with Crippen LogP contribution in [0, 0.1) is 12.3 Å². The topological polar surface area (TPSA) is 71.8 Å². The summed E-state index contributed by atoms with van der Waals surface area (Å²) in [6, 6.07) is 2.01. The van der Waals surface area contributed by atoms with Crippen molar-refractivity contribution in [2.45, 2.75) is 32.9 Å². The van der Waals surface area contributed by atoms with Gasteiger partial charge in [0.15, 0.2) is 0 Å². The zero-order valence-electron chi connectivity index (χ0n) is 16.3. The van der Waals surface area contributed by atoms with E-state index < -0.39 is 0 Å². The first-order valence-electron chi connectivity index (χ1n) is 9.26. The SMILES string of the molecule is Cc1cnc(Nc2cc(CN(C)C)ns2)nc1-c1cnn(CC2(CF)CC2)c1. The third-order valence-electron chi connectivity index (χ3n) is 4.89. The van der Waals surface area contributed by atoms with Gasteiger partial charge in [0, 0.05) is 36.5 Å². The Bertz CT molecular complexity index is 961. The summed E-state index contributed by atoms with van der Waals surface area (Å²) in [5, 5.41) is 8.55. The van der Waals surface area contributed by atoms with Crippen LogP contribution < -0.4 is 5.32 Å². The van der Waals surface area contributed by atoms with E-state index in [4.69, 9.17) is 0 Å². The van der Waals surface area contributed by atoms with Gasteiger partial charge in [0.2, 0.25) is 5.95 Å². The van der Waals surface area contributed by atoms with Crippen molar-refractivity contribution < 1.29 is 4.39 Å². The molecule has 28 heavy (non-hydrogen) atoms. The molecule has 4 rings (SSSR count). The first-order chi connectivity index (χ1) is 13.5. The number of alkyl halides is 1. The molecule has 0 spiro atoms. The Morgan fingerprint density at radius 3 is 2.86 bits per heavy atom. The van der Waals surface area contributed by atoms with Gasteiger partial charge >= 0.3 is 0 Å². The number of hydrogen-bond acceptors (Lipinski definition) is 7. The van der Waals surface area contributed by atoms with Crippen molar-refractivity contribution in [3.63, 3.8) is 0 Å². The second-order valence-electron chi connectivity index (χ2n) is 7.83. The van der Waals surface area contributed by atoms with E-state index in [2.05, 4.69) is 29.7 Å². The van der Waals surface area contributed by atoms with Crippen LogP contribution in [0.15, 0.2) is 24.7 Å². The molecule has 3 heterocycles. The zero-order valence-corrected chi connectivity index (χ0v) is 17.1. The second-order valence-corrected chi connectivity index (χ2v) is 8.64. The molecule has 0 aromatic carbocycles. The molecule has 3 aromatic heterocycles. The third kappa shape index (κ3) is 4.20. The van der Waals surface area contributed by atoms with Gasteiger partial charge in [0.05, 0.1) is 24.3 Å². The first kappa shape index (κ1) is 18.9. The molecule has 148 valence electrons. The molecule has 1 N–H and O–H groups in total. The van der Waals surface area contributed by atoms with Gasteiger partial charge in [-0.1, -0.05) is 0 Å². The Labute approximate surface area is 167 Å². The van der Waals surface area contributed by atoms with E-state index in [1.807, 2.05) is 38.0 Å². The average Bonchev–Trinajstić information content (AvgIpc) is 3.05. The van der Waals surface area contributed by atoms with Gasteiger partial charge in [0.25, 0.3) is 0 Å². The maximum Gasteiger partial charge on any atom is 0.228 e. The van der Waals surface area contributed by atoms with Crippen molar-refractivity contribution >= 4 is 22.5 Å². The molecule has 0 radical (unpaired) electrons. The highest BCUT2D eigenvalue weighted by Gasteiger charge is 2.43. The molecule has 0 saturated heterocycles. The Hall–Kier alpha value is -2.39. The molecular weight excluding hydrogens is 377 g/mol. The van der Waals surface area contributed by atoms with Gasteiger partial charge < -0.3 is 10.2 Å². The average molecular weight is 402 g/mol. The number of nitrogens with zero attached hydrogens (tertiary/aromatic N) is 6. The van der Waals surface area contributed by atoms with Crippen LogP contribution in [-0.2, 0) is 13.1 Å². The maximum absolute atomic E-state index is 13.2. The molecule has 0 atom stereocenters. The molecule has 1 saturated carbocycles. The van der Waals surface area contributed by atoms with Gasteiger partial charge in [0.1, 0.15) is 5.00 Å². The van der Waals surface area contributed by atoms with E-state index >= 15 is 0 Å². The predicted molar refractivity (Wildman–Crippen MR) is 108 cm³/mol. The molecule has 3 aromatic rings. The lowest BCUT2D eigenvalue weighted by Crippen LogP contribution is -2.13. The van der Waals surface area contributed by atoms with Crippen LogP contribution in [0.2, 0.25) is 0 Å². The summed E-state index contributed by atoms with van der Waals surface area (Å²) in [6.45, 7) is 3.10. The van der Waals surface area contributed by atoms with E-state index in [0.717, 1.165) is 46.9 Å². The van der Waals surface area contributed by atoms with Crippen LogP contribution in [0.4, 0.5) is 15.3 Å². The standard InChI is InChI=1S/C19H24FN7S/c1-13-7-21-18(23-16-6-15(25-28-16)10-26(2)3)24-17(13)14-8-22-27(9-14)12-19(11-20)4-5-19/h6-9H,4-5,10-12H2,1-3H3,(H,21,23,24). The molecule has 9 heteroatoms. The minimum absolute atomic E-state index is 0.201. The highest BCUT2D eigenvalue weighted by molar-refractivity contribution is 7.10. The van der Waals surface area contributed by atoms with E-state index in [1.54, 1.807) is 12.4 Å². The monoisotopic (exact) mass is 401 g/mol. The smallest absolute Gasteiger partial charge is 0.228 e. The molecule has 0 unspecified atom stereocenters. The Morgan fingerprint density at radius 2 is 2.14 bits per heavy atom. The van der Waals surface area contributed by atoms with Gasteiger partial charge in [-0.25, -0.2) is 9.97 Å². The van der Waals surface area contributed by atoms with Gasteiger partial charge in [-0.05, 0) is 57.0 Å². The third-order valence-corrected chi connectivity index (χ3v) is 5.63. The summed E-state index contributed by atoms with van der Waals surface area (Å²) >= 11 is 1.39. The predicted octanol–water partition coefficient (Wildman–Crippen LogP) is 3.66. The Balaban J connectivity index is 1.51. The summed E-state index contributed by atoms with van der Waals surface area (Å²) in [5.41, 5.74) is 3.51. The number of aryl methyl sites for hydroxylation is 1. The second kappa shape index (κ2) is 7.56. The molecule has 0 amide bonds. The van der Waals surface area contributed by atoms with Crippen molar-refractivity contribution in [1.82, 2.24) is 29.0 Å². The van der Waals surface area contributed by atoms with Crippen LogP contribution in [0.25, 0.3) is 11.3 Å². The van der Waals surface area contributed by atoms with Crippen molar-refractivity contribution in [3.8, 4) is 11.3 Å². The highest BCUT2D eigenvalue weighted by atomic mass is 32.1. The largest absolute Gasteiger partial charge is 0.314 e. The van der Waals surface area contributed by atoms with Crippen LogP contribution in [0.3, 0.4) is 0 Å². The van der Waals surface area contributed by atoms with Crippen LogP contribution >= 0.6 is 11.5 Å². The number of hydrogen-bond donors (Lipinski definition) is 1. The molecular formula is C19H24FN7S. The normalized spacial score (nSPS) is 15.2. The van der Waals surface area contributed by atoms with Crippen LogP contribution in [-0.4, -0.2) is 49.8 Å². The molecule has 7 nitrogen and oxygen atoms in total. The summed E-state index contributed by atoms with van der Waals surface area (Å²) in [7, 11) is 4.03. The molecule has 0 aliphatic heterocycles. The number of aromatic nitrogens is 5. The molecule has 1 fully saturated rings. The van der Waals surface area contributed by atoms with E-state index in [0.29, 0.717) is 12.5 Å². The van der Waals surface area contributed by atoms with Crippen LogP contribution in [0.1, 0.15) is 24.1 Å². The number of anilines is 2. The Morgan fingerprint density at radius 1 is 1.32 bits per heavy atom. The number of rotatable bonds is 8. The molecule has 1 aliphatic carbocycles. The van der Waals surface area contributed by atoms with E-state index in [9.17, 15) is 4.39 Å². The van der Waals surface area contributed by atoms with Crippen molar-refractivity contribution in [1.29, 1.82) is 0 Å². The van der Waals surface area contributed by atoms with Crippen molar-refractivity contribution in [2.75, 3.05) is 26.1 Å². The number of halogens is 1. The Kier molecular flexibility index (Phi) is 5.11. The maximum atomic E-state index is 13.2. The van der Waals surface area contributed by atoms with Gasteiger partial charge in [-0.2, -0.15) is 9.47 Å². The fourth-order valence-corrected chi connectivity index (χ4v) is 3.75. The quantitative estimate of drug-likeness (QED) is 0.621. The van der Waals surface area contributed by atoms with E-state index in [-0.39, 0.29) is 12.1 Å². The minimum Gasteiger partial charge on any atom is -0.314 e. The first-order valence-corrected chi connectivity index (χ1v) is 10.0. The highest BCUT2D eigenvalue weighted by Crippen LogP contribution is 2.47. The van der Waals surface area contributed by atoms with Crippen molar-refractivity contribution in [3.05, 3.63) is 35.9 Å². The zero-order chi connectivity index (χ0) is 19.7. The lowest BCUT2D eigenvalue weighted by Gasteiger charge is -2.09. The van der Waals surface area contributed by atoms with E-state index in [1.165, 1.54) is 11.5 Å². The summed E-state index contributed by atoms with van der Waals surface area (Å²) in [6.07, 6.45) is 7.40. The molecule has 0 bridgehead atoms. The lowest BCUT2D eigenvalue weighted by atomic mass is 10.1. The molecule has 1 aliphatic rings.